The molecule has 0 fully saturated rings. The smallest absolute Gasteiger partial charge is 0.247 e. The predicted molar refractivity (Wildman–Crippen MR) is 392 cm³/mol. The van der Waals surface area contributed by atoms with Crippen LogP contribution in [0, 0.1) is 18.3 Å². The van der Waals surface area contributed by atoms with Gasteiger partial charge in [0.05, 0.1) is 12.0 Å². The van der Waals surface area contributed by atoms with Gasteiger partial charge in [-0.05, 0) is 166 Å². The Morgan fingerprint density at radius 2 is 1.17 bits per heavy atom. The summed E-state index contributed by atoms with van der Waals surface area (Å²) < 4.78 is 6.03. The minimum absolute atomic E-state index is 0.0350. The number of terminal acetylenes is 1. The highest BCUT2D eigenvalue weighted by atomic mass is 16.3. The number of hydrogen-bond donors (Lipinski definition) is 0. The molecule has 4 nitrogen and oxygen atoms in total. The highest BCUT2D eigenvalue weighted by Gasteiger charge is 2.45. The number of para-hydroxylation sites is 1. The zero-order valence-corrected chi connectivity index (χ0v) is 56.7. The highest BCUT2D eigenvalue weighted by Crippen LogP contribution is 2.51. The number of benzene rings is 6. The summed E-state index contributed by atoms with van der Waals surface area (Å²) in [4.78, 5) is 7.70. The lowest BCUT2D eigenvalue weighted by Crippen LogP contribution is -2.50. The van der Waals surface area contributed by atoms with E-state index >= 15 is 0 Å². The van der Waals surface area contributed by atoms with Gasteiger partial charge in [0.1, 0.15) is 5.58 Å². The van der Waals surface area contributed by atoms with Crippen molar-refractivity contribution in [2.24, 2.45) is 5.41 Å². The second-order valence-corrected chi connectivity index (χ2v) is 27.9. The molecule has 0 saturated carbocycles. The van der Waals surface area contributed by atoms with Crippen LogP contribution in [0.15, 0.2) is 251 Å². The maximum atomic E-state index is 6.03. The number of nitrogens with zero attached hydrogens (tertiary/aromatic N) is 3. The molecule has 0 atom stereocenters. The first kappa shape index (κ1) is 66.2. The maximum Gasteiger partial charge on any atom is 0.247 e. The second kappa shape index (κ2) is 27.8. The third-order valence-corrected chi connectivity index (χ3v) is 16.3. The van der Waals surface area contributed by atoms with Gasteiger partial charge in [0.2, 0.25) is 6.71 Å². The fourth-order valence-electron chi connectivity index (χ4n) is 11.9. The Balaban J connectivity index is 0.00000107. The quantitative estimate of drug-likeness (QED) is 0.0773. The number of rotatable bonds is 10. The van der Waals surface area contributed by atoms with E-state index in [1.54, 1.807) is 0 Å². The van der Waals surface area contributed by atoms with Gasteiger partial charge in [0, 0.05) is 74.9 Å². The van der Waals surface area contributed by atoms with Crippen LogP contribution >= 0.6 is 0 Å². The molecule has 4 aliphatic rings. The van der Waals surface area contributed by atoms with E-state index in [9.17, 15) is 0 Å². The van der Waals surface area contributed by atoms with Crippen LogP contribution in [0.4, 0.5) is 28.4 Å². The van der Waals surface area contributed by atoms with Gasteiger partial charge >= 0.3 is 0 Å². The van der Waals surface area contributed by atoms with Gasteiger partial charge in [0.25, 0.3) is 0 Å². The number of furan rings is 1. The SMILES string of the molecule is C#C.C/C=C\C=C/c1coc2ccc(-c3ccc(N4C5=C(C=CCC(N(C6=CC=CC=CC6)c6ccccc6)=C5)B5C(C)=C(/C=C\C)N(c6ccc(C(C)(C)C)cc6-c6ccc(C(C)(C)C)cc6)c6cc(C(C)(C)C)cc4c65)cc3)cc12.CC.CC(C)(C)C. The fraction of sp³-hybridized carbons (Fsp3) is 0.286. The minimum Gasteiger partial charge on any atom is -0.464 e. The Morgan fingerprint density at radius 1 is 0.562 bits per heavy atom. The molecule has 2 aliphatic heterocycles. The van der Waals surface area contributed by atoms with E-state index in [4.69, 9.17) is 4.42 Å². The monoisotopic (exact) mass is 1170 g/mol. The molecule has 0 N–H and O–H groups in total. The lowest BCUT2D eigenvalue weighted by atomic mass is 9.32. The summed E-state index contributed by atoms with van der Waals surface area (Å²) in [5.41, 5.74) is 25.4. The molecule has 7 aromatic rings. The fourth-order valence-corrected chi connectivity index (χ4v) is 11.9. The van der Waals surface area contributed by atoms with Gasteiger partial charge in [-0.15, -0.1) is 12.8 Å². The van der Waals surface area contributed by atoms with Crippen LogP contribution in [-0.4, -0.2) is 6.71 Å². The molecule has 89 heavy (non-hydrogen) atoms. The van der Waals surface area contributed by atoms with Crippen molar-refractivity contribution in [3.05, 3.63) is 269 Å². The first-order valence-corrected chi connectivity index (χ1v) is 32.0. The van der Waals surface area contributed by atoms with Gasteiger partial charge in [-0.3, -0.25) is 0 Å². The topological polar surface area (TPSA) is 22.9 Å². The lowest BCUT2D eigenvalue weighted by molar-refractivity contribution is 0.469. The Kier molecular flexibility index (Phi) is 20.7. The number of fused-ring (bicyclic) bond motifs is 2. The maximum absolute atomic E-state index is 6.03. The summed E-state index contributed by atoms with van der Waals surface area (Å²) in [7, 11) is 0. The van der Waals surface area contributed by atoms with Gasteiger partial charge in [-0.25, -0.2) is 0 Å². The average molecular weight is 1170 g/mol. The number of anilines is 5. The summed E-state index contributed by atoms with van der Waals surface area (Å²) in [6.45, 7) is 40.2. The normalized spacial score (nSPS) is 15.0. The molecule has 0 spiro atoms. The van der Waals surface area contributed by atoms with Crippen molar-refractivity contribution >= 4 is 57.7 Å². The Labute approximate surface area is 536 Å². The lowest BCUT2D eigenvalue weighted by Gasteiger charge is -2.45. The summed E-state index contributed by atoms with van der Waals surface area (Å²) in [6.07, 6.45) is 42.7. The zero-order valence-electron chi connectivity index (χ0n) is 56.7. The molecule has 0 bridgehead atoms. The van der Waals surface area contributed by atoms with Crippen molar-refractivity contribution in [3.63, 3.8) is 0 Å². The molecule has 11 rings (SSSR count). The van der Waals surface area contributed by atoms with Crippen LogP contribution in [0.3, 0.4) is 0 Å². The third-order valence-electron chi connectivity index (χ3n) is 16.3. The Bertz CT molecular complexity index is 3990. The molecule has 6 aromatic carbocycles. The van der Waals surface area contributed by atoms with Crippen LogP contribution in [0.1, 0.15) is 160 Å². The molecule has 456 valence electrons. The molecule has 0 saturated heterocycles. The summed E-state index contributed by atoms with van der Waals surface area (Å²) >= 11 is 0. The van der Waals surface area contributed by atoms with Crippen LogP contribution in [0.2, 0.25) is 0 Å². The van der Waals surface area contributed by atoms with E-state index in [1.807, 2.05) is 33.1 Å². The van der Waals surface area contributed by atoms with Crippen molar-refractivity contribution in [2.75, 3.05) is 14.7 Å². The van der Waals surface area contributed by atoms with E-state index in [2.05, 4.69) is 338 Å². The zero-order chi connectivity index (χ0) is 64.6. The van der Waals surface area contributed by atoms with Crippen LogP contribution in [0.5, 0.6) is 0 Å². The van der Waals surface area contributed by atoms with Gasteiger partial charge in [-0.2, -0.15) is 0 Å². The molecular formula is C84H96BN3O. The standard InChI is InChI=1S/C75H76BN3O.C5H12.C2H6.C2H2/c1-13-15-19-26-55-50-80-71-44-37-54(45-64(55)71)52-35-41-61(42-36-52)78-68-49-62(77(60-29-22-18-23-30-60)59-27-20-16-17-21-28-59)31-24-32-65(68)76-51(3)66(25-14-2)79(70-48-58(75(10,11)12)47-69(78)72(70)76)67-43-40-57(74(7,8)9)46-63(67)53-33-38-56(39-34-53)73(4,5)6;1-5(2,3)4;2*1-2/h13-27,29-30,32-50H,28,31H2,1-12H3;1-4H3;1-2H3;1-2H/b15-13-,25-14-,26-19-;;;. The molecule has 0 unspecified atom stereocenters. The largest absolute Gasteiger partial charge is 0.464 e. The summed E-state index contributed by atoms with van der Waals surface area (Å²) in [5.74, 6) is 0. The van der Waals surface area contributed by atoms with Gasteiger partial charge in [-0.1, -0.05) is 243 Å². The van der Waals surface area contributed by atoms with E-state index in [-0.39, 0.29) is 23.0 Å². The van der Waals surface area contributed by atoms with E-state index in [0.717, 1.165) is 51.9 Å². The van der Waals surface area contributed by atoms with Crippen LogP contribution in [-0.2, 0) is 16.2 Å². The molecule has 0 radical (unpaired) electrons. The van der Waals surface area contributed by atoms with Crippen LogP contribution in [0.25, 0.3) is 39.3 Å². The van der Waals surface area contributed by atoms with E-state index in [0.29, 0.717) is 5.41 Å². The molecule has 0 amide bonds. The first-order valence-electron chi connectivity index (χ1n) is 32.0. The number of hydrogen-bond acceptors (Lipinski definition) is 4. The van der Waals surface area contributed by atoms with Crippen molar-refractivity contribution in [3.8, 4) is 35.1 Å². The Morgan fingerprint density at radius 3 is 1.80 bits per heavy atom. The third kappa shape index (κ3) is 14.7. The predicted octanol–water partition coefficient (Wildman–Crippen LogP) is 23.5. The van der Waals surface area contributed by atoms with Crippen molar-refractivity contribution in [1.82, 2.24) is 0 Å². The summed E-state index contributed by atoms with van der Waals surface area (Å²) in [6, 6.07) is 48.4. The van der Waals surface area contributed by atoms with Crippen LogP contribution < -0.4 is 20.2 Å². The van der Waals surface area contributed by atoms with E-state index < -0.39 is 0 Å². The highest BCUT2D eigenvalue weighted by molar-refractivity contribution is 6.90. The Hall–Kier alpha value is -8.72. The average Bonchev–Trinajstić information content (AvgIpc) is 1.62. The minimum atomic E-state index is -0.191. The number of allylic oxidation sites excluding steroid dienone is 15. The van der Waals surface area contributed by atoms with Crippen molar-refractivity contribution in [1.29, 1.82) is 0 Å². The van der Waals surface area contributed by atoms with Crippen molar-refractivity contribution in [2.45, 2.75) is 154 Å². The van der Waals surface area contributed by atoms with Crippen molar-refractivity contribution < 1.29 is 4.42 Å². The molecule has 5 heteroatoms. The first-order chi connectivity index (χ1) is 42.4. The van der Waals surface area contributed by atoms with Gasteiger partial charge < -0.3 is 19.1 Å². The summed E-state index contributed by atoms with van der Waals surface area (Å²) in [5, 5.41) is 1.10. The molecular weight excluding hydrogens is 1080 g/mol. The van der Waals surface area contributed by atoms with E-state index in [1.165, 1.54) is 84.1 Å². The molecule has 1 aromatic heterocycles. The second-order valence-electron chi connectivity index (χ2n) is 27.9. The van der Waals surface area contributed by atoms with Gasteiger partial charge in [0.15, 0.2) is 0 Å². The molecule has 3 heterocycles. The molecule has 2 aliphatic carbocycles.